The molecule has 33 heavy (non-hydrogen) atoms. The van der Waals surface area contributed by atoms with Crippen LogP contribution in [0.5, 0.6) is 0 Å². The van der Waals surface area contributed by atoms with Gasteiger partial charge in [-0.3, -0.25) is 4.79 Å². The van der Waals surface area contributed by atoms with Crippen molar-refractivity contribution in [1.29, 1.82) is 0 Å². The molecule has 1 aliphatic heterocycles. The Hall–Kier alpha value is -3.46. The summed E-state index contributed by atoms with van der Waals surface area (Å²) in [5.41, 5.74) is 7.17. The molecular weight excluding hydrogens is 438 g/mol. The zero-order chi connectivity index (χ0) is 23.8. The van der Waals surface area contributed by atoms with Crippen LogP contribution in [0.2, 0.25) is 0 Å². The number of rotatable bonds is 5. The van der Waals surface area contributed by atoms with Crippen LogP contribution in [-0.2, 0) is 10.0 Å². The van der Waals surface area contributed by atoms with Crippen LogP contribution in [-0.4, -0.2) is 36.4 Å². The van der Waals surface area contributed by atoms with Crippen molar-refractivity contribution in [3.8, 4) is 11.3 Å². The first kappa shape index (κ1) is 22.7. The number of nitrogen functional groups attached to an aromatic ring is 1. The third-order valence-corrected chi connectivity index (χ3v) is 7.00. The molecule has 1 unspecified atom stereocenters. The average Bonchev–Trinajstić information content (AvgIpc) is 3.05. The Labute approximate surface area is 193 Å². The highest BCUT2D eigenvalue weighted by molar-refractivity contribution is 7.90. The van der Waals surface area contributed by atoms with Gasteiger partial charge in [0, 0.05) is 17.6 Å². The highest BCUT2D eigenvalue weighted by atomic mass is 32.2. The maximum Gasteiger partial charge on any atom is 0.281 e. The molecule has 0 saturated carbocycles. The zero-order valence-corrected chi connectivity index (χ0v) is 19.6. The summed E-state index contributed by atoms with van der Waals surface area (Å²) in [6.07, 6.45) is 0.927. The Morgan fingerprint density at radius 1 is 1.06 bits per heavy atom. The Bertz CT molecular complexity index is 1290. The van der Waals surface area contributed by atoms with Gasteiger partial charge < -0.3 is 10.6 Å². The van der Waals surface area contributed by atoms with Gasteiger partial charge in [-0.05, 0) is 50.5 Å². The predicted molar refractivity (Wildman–Crippen MR) is 128 cm³/mol. The molecular formula is C24H27N5O3S. The van der Waals surface area contributed by atoms with Crippen LogP contribution in [0.25, 0.3) is 11.3 Å². The van der Waals surface area contributed by atoms with Gasteiger partial charge in [0.05, 0.1) is 11.3 Å². The molecule has 0 aliphatic carbocycles. The van der Waals surface area contributed by atoms with Gasteiger partial charge in [0.25, 0.3) is 15.9 Å². The van der Waals surface area contributed by atoms with Crippen molar-refractivity contribution in [2.24, 2.45) is 5.92 Å². The highest BCUT2D eigenvalue weighted by Gasteiger charge is 2.39. The first-order chi connectivity index (χ1) is 15.6. The Morgan fingerprint density at radius 2 is 1.79 bits per heavy atom. The minimum atomic E-state index is -4.21. The number of pyridine rings is 2. The number of nitrogens with zero attached hydrogens (tertiary/aromatic N) is 3. The normalized spacial score (nSPS) is 17.7. The lowest BCUT2D eigenvalue weighted by atomic mass is 9.97. The minimum absolute atomic E-state index is 0.0488. The van der Waals surface area contributed by atoms with E-state index in [0.29, 0.717) is 24.0 Å². The molecule has 3 aromatic rings. The smallest absolute Gasteiger partial charge is 0.281 e. The lowest BCUT2D eigenvalue weighted by Crippen LogP contribution is -2.41. The van der Waals surface area contributed by atoms with Gasteiger partial charge >= 0.3 is 0 Å². The van der Waals surface area contributed by atoms with Crippen molar-refractivity contribution in [3.63, 3.8) is 0 Å². The van der Waals surface area contributed by atoms with Crippen molar-refractivity contribution < 1.29 is 13.2 Å². The van der Waals surface area contributed by atoms with Crippen molar-refractivity contribution >= 4 is 27.6 Å². The van der Waals surface area contributed by atoms with Gasteiger partial charge in [-0.1, -0.05) is 43.3 Å². The fourth-order valence-corrected chi connectivity index (χ4v) is 5.31. The number of anilines is 2. The highest BCUT2D eigenvalue weighted by Crippen LogP contribution is 2.38. The molecule has 172 valence electrons. The van der Waals surface area contributed by atoms with Gasteiger partial charge in [0.1, 0.15) is 11.6 Å². The first-order valence-corrected chi connectivity index (χ1v) is 12.2. The number of amides is 1. The summed E-state index contributed by atoms with van der Waals surface area (Å²) in [7, 11) is -4.21. The largest absolute Gasteiger partial charge is 0.384 e. The molecule has 1 aromatic carbocycles. The average molecular weight is 466 g/mol. The van der Waals surface area contributed by atoms with Crippen LogP contribution in [0.15, 0.2) is 65.7 Å². The topological polar surface area (TPSA) is 118 Å². The third-order valence-electron chi connectivity index (χ3n) is 5.77. The summed E-state index contributed by atoms with van der Waals surface area (Å²) < 4.78 is 27.7. The Balaban J connectivity index is 1.76. The lowest BCUT2D eigenvalue weighted by molar-refractivity contribution is 0.0981. The number of nitrogens with one attached hydrogen (secondary N) is 1. The molecule has 1 atom stereocenters. The third kappa shape index (κ3) is 4.68. The van der Waals surface area contributed by atoms with Gasteiger partial charge in [0.2, 0.25) is 0 Å². The molecule has 0 spiro atoms. The van der Waals surface area contributed by atoms with Crippen LogP contribution >= 0.6 is 0 Å². The van der Waals surface area contributed by atoms with E-state index in [1.54, 1.807) is 12.1 Å². The predicted octanol–water partition coefficient (Wildman–Crippen LogP) is 3.47. The van der Waals surface area contributed by atoms with Crippen molar-refractivity contribution in [3.05, 3.63) is 66.2 Å². The summed E-state index contributed by atoms with van der Waals surface area (Å²) >= 11 is 0. The van der Waals surface area contributed by atoms with Crippen LogP contribution in [0, 0.1) is 5.92 Å². The van der Waals surface area contributed by atoms with E-state index < -0.39 is 15.9 Å². The maximum absolute atomic E-state index is 13.2. The summed E-state index contributed by atoms with van der Waals surface area (Å²) in [6, 6.07) is 17.2. The van der Waals surface area contributed by atoms with E-state index in [1.807, 2.05) is 30.3 Å². The van der Waals surface area contributed by atoms with Crippen LogP contribution in [0.3, 0.4) is 0 Å². The van der Waals surface area contributed by atoms with E-state index in [1.165, 1.54) is 18.2 Å². The molecule has 2 aromatic heterocycles. The van der Waals surface area contributed by atoms with E-state index in [-0.39, 0.29) is 21.9 Å². The number of carbonyl (C=O) groups is 1. The van der Waals surface area contributed by atoms with E-state index in [0.717, 1.165) is 12.0 Å². The summed E-state index contributed by atoms with van der Waals surface area (Å²) in [6.45, 7) is 7.06. The number of benzene rings is 1. The number of hydrogen-bond donors (Lipinski definition) is 2. The van der Waals surface area contributed by atoms with Crippen LogP contribution in [0.1, 0.15) is 37.6 Å². The molecule has 3 heterocycles. The second-order valence-corrected chi connectivity index (χ2v) is 10.6. The molecule has 0 radical (unpaired) electrons. The minimum Gasteiger partial charge on any atom is -0.384 e. The van der Waals surface area contributed by atoms with Gasteiger partial charge in [-0.25, -0.2) is 14.7 Å². The number of nitrogens with two attached hydrogens (primary N) is 1. The number of aromatic nitrogens is 2. The zero-order valence-electron chi connectivity index (χ0n) is 18.8. The van der Waals surface area contributed by atoms with E-state index in [9.17, 15) is 13.2 Å². The van der Waals surface area contributed by atoms with Gasteiger partial charge in [0.15, 0.2) is 5.03 Å². The van der Waals surface area contributed by atoms with Crippen molar-refractivity contribution in [2.45, 2.75) is 37.8 Å². The molecule has 3 N–H and O–H groups in total. The van der Waals surface area contributed by atoms with E-state index in [2.05, 4.69) is 35.4 Å². The number of sulfonamides is 1. The maximum atomic E-state index is 13.2. The Kier molecular flexibility index (Phi) is 5.84. The van der Waals surface area contributed by atoms with Crippen molar-refractivity contribution in [2.75, 3.05) is 17.2 Å². The number of hydrogen-bond acceptors (Lipinski definition) is 7. The molecule has 4 rings (SSSR count). The van der Waals surface area contributed by atoms with E-state index in [4.69, 9.17) is 10.7 Å². The molecule has 0 bridgehead atoms. The quantitative estimate of drug-likeness (QED) is 0.592. The molecule has 1 aliphatic rings. The fourth-order valence-electron chi connectivity index (χ4n) is 4.37. The summed E-state index contributed by atoms with van der Waals surface area (Å²) in [4.78, 5) is 24.0. The summed E-state index contributed by atoms with van der Waals surface area (Å²) in [5, 5.41) is -0.318. The lowest BCUT2D eigenvalue weighted by Gasteiger charge is -2.34. The molecule has 1 amide bonds. The van der Waals surface area contributed by atoms with Crippen LogP contribution < -0.4 is 15.4 Å². The van der Waals surface area contributed by atoms with E-state index >= 15 is 0 Å². The standard InChI is InChI=1S/C24H27N5O3S/c1-16-14-24(2,3)29(15-16)22-18(12-13-19(26-22)17-8-5-4-6-9-17)23(30)28-33(31,32)21-11-7-10-20(25)27-21/h4-13,16H,14-15H2,1-3H3,(H2,25,27)(H,28,30). The van der Waals surface area contributed by atoms with Crippen LogP contribution in [0.4, 0.5) is 11.6 Å². The number of carbonyl (C=O) groups excluding carboxylic acids is 1. The van der Waals surface area contributed by atoms with Gasteiger partial charge in [-0.15, -0.1) is 0 Å². The second kappa shape index (κ2) is 8.47. The summed E-state index contributed by atoms with van der Waals surface area (Å²) in [5.74, 6) is 0.140. The SMILES string of the molecule is CC1CN(c2nc(-c3ccccc3)ccc2C(=O)NS(=O)(=O)c2cccc(N)n2)C(C)(C)C1. The molecule has 1 saturated heterocycles. The second-order valence-electron chi connectivity index (χ2n) is 9.00. The molecule has 1 fully saturated rings. The first-order valence-electron chi connectivity index (χ1n) is 10.7. The van der Waals surface area contributed by atoms with Gasteiger partial charge in [-0.2, -0.15) is 8.42 Å². The monoisotopic (exact) mass is 465 g/mol. The fraction of sp³-hybridized carbons (Fsp3) is 0.292. The molecule has 8 nitrogen and oxygen atoms in total. The molecule has 9 heteroatoms. The Morgan fingerprint density at radius 3 is 2.42 bits per heavy atom. The van der Waals surface area contributed by atoms with Crippen molar-refractivity contribution in [1.82, 2.24) is 14.7 Å².